The molecule has 0 fully saturated rings. The van der Waals surface area contributed by atoms with Gasteiger partial charge >= 0.3 is 0 Å². The zero-order valence-electron chi connectivity index (χ0n) is 7.35. The highest BCUT2D eigenvalue weighted by molar-refractivity contribution is 4.92. The van der Waals surface area contributed by atoms with E-state index in [1.807, 2.05) is 20.9 Å². The minimum atomic E-state index is 0.750. The van der Waals surface area contributed by atoms with Crippen molar-refractivity contribution in [1.29, 1.82) is 0 Å². The molecule has 0 aromatic carbocycles. The molecule has 1 unspecified atom stereocenters. The maximum absolute atomic E-state index is 3.25. The van der Waals surface area contributed by atoms with E-state index in [4.69, 9.17) is 0 Å². The van der Waals surface area contributed by atoms with Crippen LogP contribution < -0.4 is 5.32 Å². The average molecular weight is 141 g/mol. The van der Waals surface area contributed by atoms with Crippen LogP contribution in [0, 0.1) is 0 Å². The van der Waals surface area contributed by atoms with Crippen molar-refractivity contribution < 1.29 is 0 Å². The molecule has 1 rings (SSSR count). The molecule has 1 N–H and O–H groups in total. The van der Waals surface area contributed by atoms with Gasteiger partial charge in [-0.1, -0.05) is 26.0 Å². The third-order valence-electron chi connectivity index (χ3n) is 1.68. The number of rotatable bonds is 1. The van der Waals surface area contributed by atoms with Gasteiger partial charge < -0.3 is 5.32 Å². The molecule has 1 aliphatic rings. The smallest absolute Gasteiger partial charge is 0.0101 e. The van der Waals surface area contributed by atoms with Crippen LogP contribution in [0.15, 0.2) is 12.2 Å². The second-order valence-electron chi connectivity index (χ2n) is 2.27. The standard InChI is InChI=1S/C7H13N.C2H6/c1-8-7-5-3-2-4-6-7;1-2/h2-3,7-8H,4-6H2,1H3;1-2H3. The van der Waals surface area contributed by atoms with Gasteiger partial charge in [-0.2, -0.15) is 0 Å². The van der Waals surface area contributed by atoms with Crippen LogP contribution in [0.3, 0.4) is 0 Å². The lowest BCUT2D eigenvalue weighted by atomic mass is 10.0. The summed E-state index contributed by atoms with van der Waals surface area (Å²) in [4.78, 5) is 0. The Morgan fingerprint density at radius 1 is 1.30 bits per heavy atom. The SMILES string of the molecule is CC.CNC1CC=CCC1. The average Bonchev–Trinajstić information content (AvgIpc) is 2.10. The molecule has 0 saturated carbocycles. The van der Waals surface area contributed by atoms with Gasteiger partial charge in [-0.15, -0.1) is 0 Å². The van der Waals surface area contributed by atoms with Crippen molar-refractivity contribution in [2.24, 2.45) is 0 Å². The Bertz CT molecular complexity index is 86.7. The van der Waals surface area contributed by atoms with E-state index in [9.17, 15) is 0 Å². The molecule has 0 bridgehead atoms. The van der Waals surface area contributed by atoms with Crippen LogP contribution in [0.4, 0.5) is 0 Å². The van der Waals surface area contributed by atoms with Crippen LogP contribution >= 0.6 is 0 Å². The summed E-state index contributed by atoms with van der Waals surface area (Å²) in [5.74, 6) is 0. The Morgan fingerprint density at radius 3 is 2.30 bits per heavy atom. The summed E-state index contributed by atoms with van der Waals surface area (Å²) in [5, 5.41) is 3.25. The zero-order chi connectivity index (χ0) is 7.82. The first-order valence-electron chi connectivity index (χ1n) is 4.26. The molecule has 0 amide bonds. The molecular formula is C9H19N. The molecule has 0 aliphatic heterocycles. The van der Waals surface area contributed by atoms with E-state index in [1.165, 1.54) is 19.3 Å². The Hall–Kier alpha value is -0.300. The molecule has 1 heteroatoms. The largest absolute Gasteiger partial charge is 0.317 e. The fraction of sp³-hybridized carbons (Fsp3) is 0.778. The predicted molar refractivity (Wildman–Crippen MR) is 47.2 cm³/mol. The lowest BCUT2D eigenvalue weighted by Crippen LogP contribution is -2.25. The van der Waals surface area contributed by atoms with Gasteiger partial charge in [-0.05, 0) is 26.3 Å². The quantitative estimate of drug-likeness (QED) is 0.553. The number of allylic oxidation sites excluding steroid dienone is 1. The van der Waals surface area contributed by atoms with E-state index in [0.717, 1.165) is 6.04 Å². The predicted octanol–water partition coefficient (Wildman–Crippen LogP) is 2.34. The van der Waals surface area contributed by atoms with Crippen molar-refractivity contribution in [3.8, 4) is 0 Å². The molecule has 10 heavy (non-hydrogen) atoms. The molecule has 0 saturated heterocycles. The molecule has 60 valence electrons. The van der Waals surface area contributed by atoms with Gasteiger partial charge in [-0.3, -0.25) is 0 Å². The fourth-order valence-corrected chi connectivity index (χ4v) is 1.06. The van der Waals surface area contributed by atoms with Crippen molar-refractivity contribution >= 4 is 0 Å². The highest BCUT2D eigenvalue weighted by atomic mass is 14.9. The van der Waals surface area contributed by atoms with Gasteiger partial charge in [-0.25, -0.2) is 0 Å². The topological polar surface area (TPSA) is 12.0 Å². The lowest BCUT2D eigenvalue weighted by molar-refractivity contribution is 0.517. The van der Waals surface area contributed by atoms with Crippen LogP contribution in [-0.2, 0) is 0 Å². The summed E-state index contributed by atoms with van der Waals surface area (Å²) in [6.07, 6.45) is 8.30. The van der Waals surface area contributed by atoms with Gasteiger partial charge in [0, 0.05) is 6.04 Å². The van der Waals surface area contributed by atoms with E-state index in [2.05, 4.69) is 17.5 Å². The van der Waals surface area contributed by atoms with Crippen molar-refractivity contribution in [2.75, 3.05) is 7.05 Å². The summed E-state index contributed by atoms with van der Waals surface area (Å²) in [6.45, 7) is 4.00. The Morgan fingerprint density at radius 2 is 2.00 bits per heavy atom. The second kappa shape index (κ2) is 6.81. The first-order chi connectivity index (χ1) is 4.93. The highest BCUT2D eigenvalue weighted by Gasteiger charge is 2.04. The minimum Gasteiger partial charge on any atom is -0.317 e. The minimum absolute atomic E-state index is 0.750. The number of hydrogen-bond acceptors (Lipinski definition) is 1. The van der Waals surface area contributed by atoms with Gasteiger partial charge in [0.05, 0.1) is 0 Å². The molecule has 1 nitrogen and oxygen atoms in total. The van der Waals surface area contributed by atoms with Crippen LogP contribution in [0.2, 0.25) is 0 Å². The maximum atomic E-state index is 3.25. The van der Waals surface area contributed by atoms with Crippen LogP contribution in [0.1, 0.15) is 33.1 Å². The Kier molecular flexibility index (Phi) is 6.61. The zero-order valence-corrected chi connectivity index (χ0v) is 7.35. The normalized spacial score (nSPS) is 23.3. The van der Waals surface area contributed by atoms with Gasteiger partial charge in [0.1, 0.15) is 0 Å². The van der Waals surface area contributed by atoms with Crippen molar-refractivity contribution in [3.63, 3.8) is 0 Å². The Labute approximate surface area is 64.5 Å². The van der Waals surface area contributed by atoms with Crippen molar-refractivity contribution in [3.05, 3.63) is 12.2 Å². The molecule has 1 aliphatic carbocycles. The molecule has 0 heterocycles. The molecule has 0 aromatic heterocycles. The molecule has 0 radical (unpaired) electrons. The first-order valence-corrected chi connectivity index (χ1v) is 4.26. The van der Waals surface area contributed by atoms with Crippen LogP contribution in [0.25, 0.3) is 0 Å². The molecular weight excluding hydrogens is 122 g/mol. The summed E-state index contributed by atoms with van der Waals surface area (Å²) in [6, 6.07) is 0.750. The molecule has 0 aromatic rings. The lowest BCUT2D eigenvalue weighted by Gasteiger charge is -2.15. The van der Waals surface area contributed by atoms with E-state index in [1.54, 1.807) is 0 Å². The molecule has 1 atom stereocenters. The van der Waals surface area contributed by atoms with Crippen molar-refractivity contribution in [1.82, 2.24) is 5.32 Å². The third kappa shape index (κ3) is 3.67. The van der Waals surface area contributed by atoms with Crippen LogP contribution in [-0.4, -0.2) is 13.1 Å². The fourth-order valence-electron chi connectivity index (χ4n) is 1.06. The third-order valence-corrected chi connectivity index (χ3v) is 1.68. The van der Waals surface area contributed by atoms with Gasteiger partial charge in [0.25, 0.3) is 0 Å². The number of hydrogen-bond donors (Lipinski definition) is 1. The Balaban J connectivity index is 0.000000371. The van der Waals surface area contributed by atoms with Crippen LogP contribution in [0.5, 0.6) is 0 Å². The van der Waals surface area contributed by atoms with E-state index >= 15 is 0 Å². The maximum Gasteiger partial charge on any atom is 0.0101 e. The molecule has 0 spiro atoms. The van der Waals surface area contributed by atoms with E-state index < -0.39 is 0 Å². The van der Waals surface area contributed by atoms with E-state index in [-0.39, 0.29) is 0 Å². The summed E-state index contributed by atoms with van der Waals surface area (Å²) < 4.78 is 0. The van der Waals surface area contributed by atoms with Gasteiger partial charge in [0.2, 0.25) is 0 Å². The second-order valence-corrected chi connectivity index (χ2v) is 2.27. The summed E-state index contributed by atoms with van der Waals surface area (Å²) in [5.41, 5.74) is 0. The van der Waals surface area contributed by atoms with Crippen molar-refractivity contribution in [2.45, 2.75) is 39.2 Å². The summed E-state index contributed by atoms with van der Waals surface area (Å²) >= 11 is 0. The monoisotopic (exact) mass is 141 g/mol. The highest BCUT2D eigenvalue weighted by Crippen LogP contribution is 2.08. The summed E-state index contributed by atoms with van der Waals surface area (Å²) in [7, 11) is 2.03. The van der Waals surface area contributed by atoms with E-state index in [0.29, 0.717) is 0 Å². The van der Waals surface area contributed by atoms with Gasteiger partial charge in [0.15, 0.2) is 0 Å². The first kappa shape index (κ1) is 9.70. The number of nitrogens with one attached hydrogen (secondary N) is 1.